The smallest absolute Gasteiger partial charge is 0.255 e. The molecule has 3 aromatic rings. The number of fused-ring (bicyclic) bond motifs is 1. The molecular formula is C23H21N5O3. The lowest BCUT2D eigenvalue weighted by Crippen LogP contribution is -2.52. The molecule has 0 bridgehead atoms. The Morgan fingerprint density at radius 2 is 1.94 bits per heavy atom. The third-order valence-corrected chi connectivity index (χ3v) is 6.04. The Labute approximate surface area is 178 Å². The van der Waals surface area contributed by atoms with Crippen molar-refractivity contribution in [2.45, 2.75) is 32.4 Å². The van der Waals surface area contributed by atoms with Crippen molar-refractivity contribution in [1.29, 1.82) is 0 Å². The van der Waals surface area contributed by atoms with E-state index < -0.39 is 11.9 Å². The molecule has 1 N–H and O–H groups in total. The number of piperidine rings is 1. The molecule has 0 saturated carbocycles. The predicted molar refractivity (Wildman–Crippen MR) is 113 cm³/mol. The van der Waals surface area contributed by atoms with Crippen LogP contribution in [0, 0.1) is 6.92 Å². The summed E-state index contributed by atoms with van der Waals surface area (Å²) >= 11 is 0. The number of carbonyl (C=O) groups excluding carboxylic acids is 3. The van der Waals surface area contributed by atoms with Crippen molar-refractivity contribution in [3.05, 3.63) is 59.5 Å². The van der Waals surface area contributed by atoms with E-state index in [2.05, 4.69) is 15.4 Å². The van der Waals surface area contributed by atoms with E-state index in [9.17, 15) is 14.4 Å². The molecule has 156 valence electrons. The van der Waals surface area contributed by atoms with E-state index in [1.807, 2.05) is 55.2 Å². The minimum Gasteiger partial charge on any atom is -0.322 e. The zero-order valence-electron chi connectivity index (χ0n) is 17.3. The molecule has 2 aliphatic heterocycles. The van der Waals surface area contributed by atoms with Crippen molar-refractivity contribution >= 4 is 17.7 Å². The van der Waals surface area contributed by atoms with Gasteiger partial charge in [-0.15, -0.1) is 0 Å². The van der Waals surface area contributed by atoms with Gasteiger partial charge in [0.05, 0.1) is 11.9 Å². The number of carbonyl (C=O) groups is 3. The largest absolute Gasteiger partial charge is 0.322 e. The second kappa shape index (κ2) is 7.16. The molecule has 0 radical (unpaired) electrons. The van der Waals surface area contributed by atoms with Crippen molar-refractivity contribution in [3.63, 3.8) is 0 Å². The van der Waals surface area contributed by atoms with Crippen LogP contribution in [0.25, 0.3) is 22.4 Å². The number of hydrogen-bond donors (Lipinski definition) is 1. The Hall–Kier alpha value is -3.81. The number of rotatable bonds is 3. The van der Waals surface area contributed by atoms with Gasteiger partial charge in [-0.1, -0.05) is 6.07 Å². The van der Waals surface area contributed by atoms with Crippen LogP contribution in [0.1, 0.15) is 34.5 Å². The molecule has 2 aliphatic rings. The average molecular weight is 415 g/mol. The molecule has 1 fully saturated rings. The van der Waals surface area contributed by atoms with Gasteiger partial charge in [-0.3, -0.25) is 29.4 Å². The molecule has 0 spiro atoms. The van der Waals surface area contributed by atoms with Crippen LogP contribution in [-0.2, 0) is 23.2 Å². The normalized spacial score (nSPS) is 18.3. The van der Waals surface area contributed by atoms with E-state index in [-0.39, 0.29) is 18.2 Å². The van der Waals surface area contributed by atoms with Crippen LogP contribution in [0.2, 0.25) is 0 Å². The summed E-state index contributed by atoms with van der Waals surface area (Å²) in [5.74, 6) is -0.868. The summed E-state index contributed by atoms with van der Waals surface area (Å²) in [7, 11) is 1.90. The minimum atomic E-state index is -0.618. The van der Waals surface area contributed by atoms with Crippen LogP contribution >= 0.6 is 0 Å². The first-order valence-electron chi connectivity index (χ1n) is 10.2. The Balaban J connectivity index is 1.51. The highest BCUT2D eigenvalue weighted by atomic mass is 16.2. The van der Waals surface area contributed by atoms with E-state index >= 15 is 0 Å². The fourth-order valence-corrected chi connectivity index (χ4v) is 4.44. The fourth-order valence-electron chi connectivity index (χ4n) is 4.44. The Morgan fingerprint density at radius 1 is 1.10 bits per heavy atom. The van der Waals surface area contributed by atoms with Gasteiger partial charge in [-0.2, -0.15) is 5.10 Å². The number of benzene rings is 1. The zero-order chi connectivity index (χ0) is 21.7. The summed E-state index contributed by atoms with van der Waals surface area (Å²) < 4.78 is 1.83. The van der Waals surface area contributed by atoms with Gasteiger partial charge >= 0.3 is 0 Å². The lowest BCUT2D eigenvalue weighted by Gasteiger charge is -2.29. The fraction of sp³-hybridized carbons (Fsp3) is 0.261. The van der Waals surface area contributed by atoms with Crippen molar-refractivity contribution in [2.24, 2.45) is 7.05 Å². The molecule has 0 unspecified atom stereocenters. The van der Waals surface area contributed by atoms with Crippen molar-refractivity contribution < 1.29 is 14.4 Å². The van der Waals surface area contributed by atoms with Gasteiger partial charge in [0.25, 0.3) is 5.91 Å². The average Bonchev–Trinajstić information content (AvgIpc) is 3.28. The van der Waals surface area contributed by atoms with E-state index in [1.165, 1.54) is 0 Å². The highest BCUT2D eigenvalue weighted by Gasteiger charge is 2.39. The summed E-state index contributed by atoms with van der Waals surface area (Å²) in [4.78, 5) is 42.6. The molecule has 8 heteroatoms. The minimum absolute atomic E-state index is 0.175. The Kier molecular flexibility index (Phi) is 4.43. The van der Waals surface area contributed by atoms with Crippen molar-refractivity contribution in [1.82, 2.24) is 25.0 Å². The molecule has 5 rings (SSSR count). The van der Waals surface area contributed by atoms with Gasteiger partial charge in [0.2, 0.25) is 11.8 Å². The molecule has 2 aromatic heterocycles. The summed E-state index contributed by atoms with van der Waals surface area (Å²) in [6.45, 7) is 2.31. The van der Waals surface area contributed by atoms with Crippen molar-refractivity contribution in [2.75, 3.05) is 0 Å². The molecule has 4 heterocycles. The first-order valence-corrected chi connectivity index (χ1v) is 10.2. The first kappa shape index (κ1) is 19.2. The third-order valence-electron chi connectivity index (χ3n) is 6.04. The molecule has 1 aromatic carbocycles. The van der Waals surface area contributed by atoms with Gasteiger partial charge in [0.1, 0.15) is 6.04 Å². The van der Waals surface area contributed by atoms with Gasteiger partial charge in [-0.25, -0.2) is 0 Å². The predicted octanol–water partition coefficient (Wildman–Crippen LogP) is 2.22. The maximum Gasteiger partial charge on any atom is 0.255 e. The second-order valence-corrected chi connectivity index (χ2v) is 7.94. The number of imide groups is 1. The van der Waals surface area contributed by atoms with Gasteiger partial charge < -0.3 is 4.90 Å². The number of amides is 3. The van der Waals surface area contributed by atoms with E-state index in [1.54, 1.807) is 11.1 Å². The Bertz CT molecular complexity index is 1250. The number of pyridine rings is 1. The molecule has 1 atom stereocenters. The summed E-state index contributed by atoms with van der Waals surface area (Å²) in [6.07, 6.45) is 4.17. The highest BCUT2D eigenvalue weighted by molar-refractivity contribution is 6.05. The summed E-state index contributed by atoms with van der Waals surface area (Å²) in [6, 6.07) is 9.02. The molecule has 0 aliphatic carbocycles. The molecule has 31 heavy (non-hydrogen) atoms. The lowest BCUT2D eigenvalue weighted by molar-refractivity contribution is -0.136. The zero-order valence-corrected chi connectivity index (χ0v) is 17.3. The lowest BCUT2D eigenvalue weighted by atomic mass is 9.97. The summed E-state index contributed by atoms with van der Waals surface area (Å²) in [5.41, 5.74) is 6.22. The van der Waals surface area contributed by atoms with E-state index in [0.29, 0.717) is 18.5 Å². The van der Waals surface area contributed by atoms with Crippen LogP contribution in [0.3, 0.4) is 0 Å². The van der Waals surface area contributed by atoms with Crippen LogP contribution in [0.15, 0.2) is 42.7 Å². The second-order valence-electron chi connectivity index (χ2n) is 7.94. The third kappa shape index (κ3) is 3.11. The molecule has 8 nitrogen and oxygen atoms in total. The van der Waals surface area contributed by atoms with Gasteiger partial charge in [-0.05, 0) is 48.7 Å². The topological polar surface area (TPSA) is 97.2 Å². The van der Waals surface area contributed by atoms with Crippen LogP contribution in [-0.4, -0.2) is 43.4 Å². The number of nitrogens with one attached hydrogen (secondary N) is 1. The number of aromatic nitrogens is 3. The maximum absolute atomic E-state index is 12.9. The first-order chi connectivity index (χ1) is 14.9. The van der Waals surface area contributed by atoms with Crippen LogP contribution < -0.4 is 5.32 Å². The molecular weight excluding hydrogens is 394 g/mol. The SMILES string of the molecule is Cc1ncccc1-c1c(-c2ccc3c(c2)CN([C@H]2CCC(=O)NC2=O)C3=O)cnn1C. The Morgan fingerprint density at radius 3 is 2.71 bits per heavy atom. The standard InChI is InChI=1S/C23H21N5O3/c1-13-16(4-3-9-24-13)21-18(11-25-27(21)2)14-5-6-17-15(10-14)12-28(23(17)31)19-7-8-20(29)26-22(19)30/h3-6,9-11,19H,7-8,12H2,1-2H3,(H,26,29,30)/t19-/m0/s1. The number of nitrogens with zero attached hydrogens (tertiary/aromatic N) is 4. The molecule has 3 amide bonds. The van der Waals surface area contributed by atoms with Gasteiger partial charge in [0.15, 0.2) is 0 Å². The van der Waals surface area contributed by atoms with Crippen LogP contribution in [0.5, 0.6) is 0 Å². The number of aryl methyl sites for hydroxylation is 2. The maximum atomic E-state index is 12.9. The monoisotopic (exact) mass is 415 g/mol. The highest BCUT2D eigenvalue weighted by Crippen LogP contribution is 2.36. The molecule has 1 saturated heterocycles. The van der Waals surface area contributed by atoms with E-state index in [4.69, 9.17) is 0 Å². The van der Waals surface area contributed by atoms with Gasteiger partial charge in [0, 0.05) is 48.6 Å². The summed E-state index contributed by atoms with van der Waals surface area (Å²) in [5, 5.41) is 6.79. The van der Waals surface area contributed by atoms with E-state index in [0.717, 1.165) is 33.6 Å². The quantitative estimate of drug-likeness (QED) is 0.662. The number of hydrogen-bond acceptors (Lipinski definition) is 5. The van der Waals surface area contributed by atoms with Crippen molar-refractivity contribution in [3.8, 4) is 22.4 Å². The van der Waals surface area contributed by atoms with Crippen LogP contribution in [0.4, 0.5) is 0 Å².